The summed E-state index contributed by atoms with van der Waals surface area (Å²) in [6, 6.07) is 11.1. The maximum Gasteiger partial charge on any atom is 0.227 e. The van der Waals surface area contributed by atoms with Crippen molar-refractivity contribution in [1.82, 2.24) is 10.3 Å². The Morgan fingerprint density at radius 2 is 1.83 bits per heavy atom. The minimum Gasteiger partial charge on any atom is -0.349 e. The van der Waals surface area contributed by atoms with E-state index in [4.69, 9.17) is 0 Å². The fraction of sp³-hybridized carbons (Fsp3) is 0.278. The third-order valence-electron chi connectivity index (χ3n) is 3.51. The first kappa shape index (κ1) is 16.7. The van der Waals surface area contributed by atoms with E-state index in [1.165, 1.54) is 6.92 Å². The molecule has 0 radical (unpaired) electrons. The summed E-state index contributed by atoms with van der Waals surface area (Å²) in [5.74, 6) is 0.187. The number of hydrogen-bond acceptors (Lipinski definition) is 3. The van der Waals surface area contributed by atoms with Crippen LogP contribution in [0.5, 0.6) is 0 Å². The number of amides is 2. The minimum absolute atomic E-state index is 0.151. The third kappa shape index (κ3) is 4.92. The summed E-state index contributed by atoms with van der Waals surface area (Å²) in [5.41, 5.74) is 2.93. The Bertz CT molecular complexity index is 696. The smallest absolute Gasteiger partial charge is 0.227 e. The third-order valence-corrected chi connectivity index (χ3v) is 3.51. The maximum atomic E-state index is 12.3. The van der Waals surface area contributed by atoms with Gasteiger partial charge in [-0.3, -0.25) is 9.59 Å². The average Bonchev–Trinajstić information content (AvgIpc) is 2.49. The second-order valence-corrected chi connectivity index (χ2v) is 5.59. The van der Waals surface area contributed by atoms with Crippen LogP contribution in [0.25, 0.3) is 0 Å². The highest BCUT2D eigenvalue weighted by atomic mass is 16.2. The molecule has 1 unspecified atom stereocenters. The van der Waals surface area contributed by atoms with E-state index in [0.29, 0.717) is 5.82 Å². The Morgan fingerprint density at radius 3 is 2.43 bits per heavy atom. The van der Waals surface area contributed by atoms with Gasteiger partial charge in [-0.2, -0.15) is 0 Å². The van der Waals surface area contributed by atoms with Crippen LogP contribution in [-0.2, 0) is 9.59 Å². The van der Waals surface area contributed by atoms with Crippen molar-refractivity contribution >= 4 is 17.6 Å². The standard InChI is InChI=1S/C18H21N3O2/c1-12-6-8-15(9-7-12)16(20-14(3)22)11-17(23)21-18-13(2)5-4-10-19-18/h4-10,16H,11H2,1-3H3,(H,20,22)(H,19,21,23). The molecular weight excluding hydrogens is 290 g/mol. The number of carbonyl (C=O) groups excluding carboxylic acids is 2. The quantitative estimate of drug-likeness (QED) is 0.892. The van der Waals surface area contributed by atoms with Crippen molar-refractivity contribution in [1.29, 1.82) is 0 Å². The Hall–Kier alpha value is -2.69. The largest absolute Gasteiger partial charge is 0.349 e. The molecule has 2 aromatic rings. The molecule has 0 fully saturated rings. The van der Waals surface area contributed by atoms with Crippen LogP contribution in [0, 0.1) is 13.8 Å². The number of hydrogen-bond donors (Lipinski definition) is 2. The van der Waals surface area contributed by atoms with Crippen LogP contribution in [0.2, 0.25) is 0 Å². The lowest BCUT2D eigenvalue weighted by molar-refractivity contribution is -0.120. The number of aryl methyl sites for hydroxylation is 2. The van der Waals surface area contributed by atoms with Crippen molar-refractivity contribution in [2.24, 2.45) is 0 Å². The number of aromatic nitrogens is 1. The van der Waals surface area contributed by atoms with Gasteiger partial charge in [0.1, 0.15) is 5.82 Å². The fourth-order valence-electron chi connectivity index (χ4n) is 2.28. The minimum atomic E-state index is -0.364. The normalized spacial score (nSPS) is 11.6. The molecule has 1 aromatic heterocycles. The molecule has 5 nitrogen and oxygen atoms in total. The van der Waals surface area contributed by atoms with E-state index in [1.807, 2.05) is 50.2 Å². The van der Waals surface area contributed by atoms with Crippen LogP contribution in [0.1, 0.15) is 36.1 Å². The summed E-state index contributed by atoms with van der Waals surface area (Å²) in [7, 11) is 0. The Labute approximate surface area is 136 Å². The van der Waals surface area contributed by atoms with Gasteiger partial charge in [0.15, 0.2) is 0 Å². The molecule has 0 aliphatic carbocycles. The van der Waals surface area contributed by atoms with Gasteiger partial charge in [-0.25, -0.2) is 4.98 Å². The summed E-state index contributed by atoms with van der Waals surface area (Å²) in [6.45, 7) is 5.32. The van der Waals surface area contributed by atoms with Crippen LogP contribution < -0.4 is 10.6 Å². The molecule has 1 aromatic carbocycles. The lowest BCUT2D eigenvalue weighted by Gasteiger charge is -2.18. The predicted octanol–water partition coefficient (Wildman–Crippen LogP) is 2.90. The van der Waals surface area contributed by atoms with Gasteiger partial charge < -0.3 is 10.6 Å². The Kier molecular flexibility index (Phi) is 5.46. The molecule has 0 aliphatic rings. The number of nitrogens with zero attached hydrogens (tertiary/aromatic N) is 1. The second-order valence-electron chi connectivity index (χ2n) is 5.59. The van der Waals surface area contributed by atoms with Crippen molar-refractivity contribution in [3.05, 3.63) is 59.3 Å². The highest BCUT2D eigenvalue weighted by Gasteiger charge is 2.17. The van der Waals surface area contributed by atoms with Crippen molar-refractivity contribution in [2.75, 3.05) is 5.32 Å². The zero-order valence-corrected chi connectivity index (χ0v) is 13.6. The van der Waals surface area contributed by atoms with Crippen LogP contribution in [-0.4, -0.2) is 16.8 Å². The average molecular weight is 311 g/mol. The lowest BCUT2D eigenvalue weighted by Crippen LogP contribution is -2.30. The van der Waals surface area contributed by atoms with Crippen LogP contribution in [0.3, 0.4) is 0 Å². The highest BCUT2D eigenvalue weighted by Crippen LogP contribution is 2.19. The topological polar surface area (TPSA) is 71.1 Å². The van der Waals surface area contributed by atoms with Gasteiger partial charge in [0.2, 0.25) is 11.8 Å². The fourth-order valence-corrected chi connectivity index (χ4v) is 2.28. The van der Waals surface area contributed by atoms with Crippen LogP contribution >= 0.6 is 0 Å². The van der Waals surface area contributed by atoms with Gasteiger partial charge in [-0.1, -0.05) is 35.9 Å². The van der Waals surface area contributed by atoms with Gasteiger partial charge >= 0.3 is 0 Å². The molecule has 2 rings (SSSR count). The van der Waals surface area contributed by atoms with Crippen molar-refractivity contribution in [3.8, 4) is 0 Å². The predicted molar refractivity (Wildman–Crippen MR) is 90.0 cm³/mol. The molecule has 1 heterocycles. The van der Waals surface area contributed by atoms with Crippen molar-refractivity contribution < 1.29 is 9.59 Å². The van der Waals surface area contributed by atoms with Crippen molar-refractivity contribution in [2.45, 2.75) is 33.2 Å². The lowest BCUT2D eigenvalue weighted by atomic mass is 10.0. The van der Waals surface area contributed by atoms with E-state index in [2.05, 4.69) is 15.6 Å². The molecule has 0 saturated carbocycles. The van der Waals surface area contributed by atoms with E-state index in [0.717, 1.165) is 16.7 Å². The summed E-state index contributed by atoms with van der Waals surface area (Å²) in [4.78, 5) is 27.9. The van der Waals surface area contributed by atoms with Gasteiger partial charge in [-0.05, 0) is 31.0 Å². The first-order chi connectivity index (χ1) is 11.0. The highest BCUT2D eigenvalue weighted by molar-refractivity contribution is 5.91. The molecule has 0 bridgehead atoms. The molecule has 1 atom stereocenters. The van der Waals surface area contributed by atoms with Gasteiger partial charge in [0, 0.05) is 13.1 Å². The van der Waals surface area contributed by atoms with E-state index in [-0.39, 0.29) is 24.3 Å². The molecule has 2 N–H and O–H groups in total. The monoisotopic (exact) mass is 311 g/mol. The number of anilines is 1. The molecule has 0 spiro atoms. The molecule has 2 amide bonds. The van der Waals surface area contributed by atoms with Crippen molar-refractivity contribution in [3.63, 3.8) is 0 Å². The summed E-state index contributed by atoms with van der Waals surface area (Å²) >= 11 is 0. The summed E-state index contributed by atoms with van der Waals surface area (Å²) < 4.78 is 0. The summed E-state index contributed by atoms with van der Waals surface area (Å²) in [5, 5.41) is 5.62. The first-order valence-corrected chi connectivity index (χ1v) is 7.51. The van der Waals surface area contributed by atoms with E-state index < -0.39 is 0 Å². The molecule has 5 heteroatoms. The number of rotatable bonds is 5. The van der Waals surface area contributed by atoms with E-state index >= 15 is 0 Å². The molecule has 0 aliphatic heterocycles. The Balaban J connectivity index is 2.11. The number of pyridine rings is 1. The summed E-state index contributed by atoms with van der Waals surface area (Å²) in [6.07, 6.45) is 1.78. The number of carbonyl (C=O) groups is 2. The zero-order valence-electron chi connectivity index (χ0n) is 13.6. The number of benzene rings is 1. The second kappa shape index (κ2) is 7.54. The molecule has 23 heavy (non-hydrogen) atoms. The van der Waals surface area contributed by atoms with E-state index in [9.17, 15) is 9.59 Å². The zero-order chi connectivity index (χ0) is 16.8. The van der Waals surface area contributed by atoms with Crippen LogP contribution in [0.4, 0.5) is 5.82 Å². The van der Waals surface area contributed by atoms with E-state index in [1.54, 1.807) is 6.20 Å². The van der Waals surface area contributed by atoms with Gasteiger partial charge in [0.05, 0.1) is 12.5 Å². The molecule has 120 valence electrons. The molecular formula is C18H21N3O2. The first-order valence-electron chi connectivity index (χ1n) is 7.51. The SMILES string of the molecule is CC(=O)NC(CC(=O)Nc1ncccc1C)c1ccc(C)cc1. The van der Waals surface area contributed by atoms with Crippen LogP contribution in [0.15, 0.2) is 42.6 Å². The Morgan fingerprint density at radius 1 is 1.13 bits per heavy atom. The molecule has 0 saturated heterocycles. The van der Waals surface area contributed by atoms with Gasteiger partial charge in [-0.15, -0.1) is 0 Å². The van der Waals surface area contributed by atoms with Gasteiger partial charge in [0.25, 0.3) is 0 Å². The maximum absolute atomic E-state index is 12.3. The number of nitrogens with one attached hydrogen (secondary N) is 2.